The molecule has 0 aromatic heterocycles. The summed E-state index contributed by atoms with van der Waals surface area (Å²) in [6, 6.07) is 0. The van der Waals surface area contributed by atoms with Crippen molar-refractivity contribution in [3.05, 3.63) is 0 Å². The summed E-state index contributed by atoms with van der Waals surface area (Å²) in [7, 11) is 0. The van der Waals surface area contributed by atoms with Gasteiger partial charge in [0.05, 0.1) is 6.54 Å². The number of nitrogens with two attached hydrogens (primary N) is 1. The van der Waals surface area contributed by atoms with E-state index in [1.807, 2.05) is 13.8 Å². The average molecular weight is 202 g/mol. The van der Waals surface area contributed by atoms with Crippen molar-refractivity contribution in [3.63, 3.8) is 0 Å². The highest BCUT2D eigenvalue weighted by atomic mass is 16.4. The van der Waals surface area contributed by atoms with E-state index in [4.69, 9.17) is 10.8 Å². The molecule has 0 saturated carbocycles. The lowest BCUT2D eigenvalue weighted by Crippen LogP contribution is -2.35. The zero-order valence-corrected chi connectivity index (χ0v) is 8.69. The number of carboxylic acids is 1. The zero-order chi connectivity index (χ0) is 11.1. The third-order valence-electron chi connectivity index (χ3n) is 1.66. The smallest absolute Gasteiger partial charge is 0.317 e. The number of amides is 1. The van der Waals surface area contributed by atoms with Crippen LogP contribution in [0.2, 0.25) is 0 Å². The van der Waals surface area contributed by atoms with Crippen LogP contribution in [0.3, 0.4) is 0 Å². The van der Waals surface area contributed by atoms with Gasteiger partial charge in [0, 0.05) is 19.5 Å². The van der Waals surface area contributed by atoms with Crippen molar-refractivity contribution in [2.45, 2.75) is 20.3 Å². The van der Waals surface area contributed by atoms with Gasteiger partial charge in [0.25, 0.3) is 0 Å². The van der Waals surface area contributed by atoms with Gasteiger partial charge in [0.1, 0.15) is 0 Å². The molecule has 14 heavy (non-hydrogen) atoms. The molecule has 1 amide bonds. The third kappa shape index (κ3) is 7.54. The van der Waals surface area contributed by atoms with E-state index >= 15 is 0 Å². The van der Waals surface area contributed by atoms with Gasteiger partial charge in [-0.3, -0.25) is 14.5 Å². The lowest BCUT2D eigenvalue weighted by atomic mass is 10.2. The molecule has 0 aromatic carbocycles. The molecular formula is C9H18N2O3. The molecule has 82 valence electrons. The molecule has 0 aliphatic carbocycles. The van der Waals surface area contributed by atoms with Crippen LogP contribution in [0.1, 0.15) is 20.3 Å². The molecule has 0 aromatic rings. The molecule has 0 unspecified atom stereocenters. The molecule has 3 N–H and O–H groups in total. The van der Waals surface area contributed by atoms with Gasteiger partial charge in [-0.25, -0.2) is 0 Å². The SMILES string of the molecule is CC(C)CN(CCC(N)=O)CC(=O)O. The van der Waals surface area contributed by atoms with E-state index in [9.17, 15) is 9.59 Å². The van der Waals surface area contributed by atoms with Crippen molar-refractivity contribution < 1.29 is 14.7 Å². The van der Waals surface area contributed by atoms with Crippen LogP contribution in [-0.4, -0.2) is 41.5 Å². The lowest BCUT2D eigenvalue weighted by molar-refractivity contribution is -0.138. The minimum absolute atomic E-state index is 0.0363. The zero-order valence-electron chi connectivity index (χ0n) is 8.69. The van der Waals surface area contributed by atoms with E-state index in [1.165, 1.54) is 0 Å². The normalized spacial score (nSPS) is 10.9. The summed E-state index contributed by atoms with van der Waals surface area (Å²) in [4.78, 5) is 22.7. The molecule has 0 bridgehead atoms. The van der Waals surface area contributed by atoms with Crippen LogP contribution in [0.5, 0.6) is 0 Å². The van der Waals surface area contributed by atoms with Crippen LogP contribution in [-0.2, 0) is 9.59 Å². The topological polar surface area (TPSA) is 83.6 Å². The van der Waals surface area contributed by atoms with Crippen LogP contribution in [0.4, 0.5) is 0 Å². The Morgan fingerprint density at radius 1 is 1.43 bits per heavy atom. The van der Waals surface area contributed by atoms with E-state index in [0.29, 0.717) is 19.0 Å². The summed E-state index contributed by atoms with van der Waals surface area (Å²) in [5.74, 6) is -0.901. The molecule has 0 heterocycles. The number of carbonyl (C=O) groups excluding carboxylic acids is 1. The molecule has 0 spiro atoms. The van der Waals surface area contributed by atoms with Crippen LogP contribution < -0.4 is 5.73 Å². The van der Waals surface area contributed by atoms with Crippen molar-refractivity contribution in [2.75, 3.05) is 19.6 Å². The first-order chi connectivity index (χ1) is 6.41. The summed E-state index contributed by atoms with van der Waals surface area (Å²) in [5, 5.41) is 8.60. The lowest BCUT2D eigenvalue weighted by Gasteiger charge is -2.21. The van der Waals surface area contributed by atoms with E-state index in [1.54, 1.807) is 4.90 Å². The predicted octanol–water partition coefficient (Wildman–Crippen LogP) is -0.0956. The highest BCUT2D eigenvalue weighted by molar-refractivity contribution is 5.74. The van der Waals surface area contributed by atoms with E-state index < -0.39 is 11.9 Å². The molecule has 5 nitrogen and oxygen atoms in total. The van der Waals surface area contributed by atoms with Gasteiger partial charge in [0.15, 0.2) is 0 Å². The Hall–Kier alpha value is -1.10. The fraction of sp³-hybridized carbons (Fsp3) is 0.778. The van der Waals surface area contributed by atoms with Crippen molar-refractivity contribution in [2.24, 2.45) is 11.7 Å². The summed E-state index contributed by atoms with van der Waals surface area (Å²) >= 11 is 0. The number of rotatable bonds is 7. The molecule has 0 fully saturated rings. The Labute approximate surface area is 83.9 Å². The molecule has 0 aliphatic rings. The van der Waals surface area contributed by atoms with Gasteiger partial charge in [-0.2, -0.15) is 0 Å². The van der Waals surface area contributed by atoms with Crippen molar-refractivity contribution in [3.8, 4) is 0 Å². The maximum atomic E-state index is 10.5. The van der Waals surface area contributed by atoms with Gasteiger partial charge in [0.2, 0.25) is 5.91 Å². The number of primary amides is 1. The summed E-state index contributed by atoms with van der Waals surface area (Å²) in [5.41, 5.74) is 4.99. The first-order valence-electron chi connectivity index (χ1n) is 4.64. The largest absolute Gasteiger partial charge is 0.480 e. The number of aliphatic carboxylic acids is 1. The highest BCUT2D eigenvalue weighted by Crippen LogP contribution is 1.99. The Morgan fingerprint density at radius 2 is 2.00 bits per heavy atom. The summed E-state index contributed by atoms with van der Waals surface area (Å²) < 4.78 is 0. The Morgan fingerprint density at radius 3 is 2.36 bits per heavy atom. The van der Waals surface area contributed by atoms with Gasteiger partial charge < -0.3 is 10.8 Å². The summed E-state index contributed by atoms with van der Waals surface area (Å²) in [6.07, 6.45) is 0.208. The fourth-order valence-corrected chi connectivity index (χ4v) is 1.21. The number of carboxylic acid groups (broad SMARTS) is 1. The quantitative estimate of drug-likeness (QED) is 0.604. The van der Waals surface area contributed by atoms with E-state index in [0.717, 1.165) is 0 Å². The molecule has 0 aliphatic heterocycles. The maximum Gasteiger partial charge on any atom is 0.317 e. The van der Waals surface area contributed by atoms with Crippen molar-refractivity contribution in [1.29, 1.82) is 0 Å². The molecule has 5 heteroatoms. The standard InChI is InChI=1S/C9H18N2O3/c1-7(2)5-11(6-9(13)14)4-3-8(10)12/h7H,3-6H2,1-2H3,(H2,10,12)(H,13,14). The van der Waals surface area contributed by atoms with Crippen molar-refractivity contribution >= 4 is 11.9 Å². The Bertz CT molecular complexity index is 204. The second-order valence-electron chi connectivity index (χ2n) is 3.74. The number of hydrogen-bond donors (Lipinski definition) is 2. The van der Waals surface area contributed by atoms with Crippen molar-refractivity contribution in [1.82, 2.24) is 4.90 Å². The average Bonchev–Trinajstić information content (AvgIpc) is 1.97. The minimum atomic E-state index is -0.880. The second kappa shape index (κ2) is 6.37. The fourth-order valence-electron chi connectivity index (χ4n) is 1.21. The minimum Gasteiger partial charge on any atom is -0.480 e. The Balaban J connectivity index is 3.96. The summed E-state index contributed by atoms with van der Waals surface area (Å²) in [6.45, 7) is 5.04. The molecular weight excluding hydrogens is 184 g/mol. The van der Waals surface area contributed by atoms with E-state index in [-0.39, 0.29) is 13.0 Å². The highest BCUT2D eigenvalue weighted by Gasteiger charge is 2.11. The van der Waals surface area contributed by atoms with Crippen LogP contribution in [0.15, 0.2) is 0 Å². The first kappa shape index (κ1) is 12.9. The first-order valence-corrected chi connectivity index (χ1v) is 4.64. The van der Waals surface area contributed by atoms with Gasteiger partial charge in [-0.05, 0) is 5.92 Å². The van der Waals surface area contributed by atoms with Crippen LogP contribution in [0, 0.1) is 5.92 Å². The number of hydrogen-bond acceptors (Lipinski definition) is 3. The molecule has 0 saturated heterocycles. The van der Waals surface area contributed by atoms with Gasteiger partial charge >= 0.3 is 5.97 Å². The van der Waals surface area contributed by atoms with Crippen LogP contribution in [0.25, 0.3) is 0 Å². The number of nitrogens with zero attached hydrogens (tertiary/aromatic N) is 1. The Kier molecular flexibility index (Phi) is 5.87. The van der Waals surface area contributed by atoms with Crippen LogP contribution >= 0.6 is 0 Å². The third-order valence-corrected chi connectivity index (χ3v) is 1.66. The molecule has 0 rings (SSSR count). The maximum absolute atomic E-state index is 10.5. The molecule has 0 radical (unpaired) electrons. The van der Waals surface area contributed by atoms with Gasteiger partial charge in [-0.1, -0.05) is 13.8 Å². The monoisotopic (exact) mass is 202 g/mol. The second-order valence-corrected chi connectivity index (χ2v) is 3.74. The van der Waals surface area contributed by atoms with Gasteiger partial charge in [-0.15, -0.1) is 0 Å². The molecule has 0 atom stereocenters. The van der Waals surface area contributed by atoms with E-state index in [2.05, 4.69) is 0 Å². The predicted molar refractivity (Wildman–Crippen MR) is 52.7 cm³/mol. The number of carbonyl (C=O) groups is 2.